The van der Waals surface area contributed by atoms with E-state index in [-0.39, 0.29) is 22.8 Å². The van der Waals surface area contributed by atoms with Crippen LogP contribution in [0.15, 0.2) is 58.5 Å². The fourth-order valence-corrected chi connectivity index (χ4v) is 4.05. The van der Waals surface area contributed by atoms with Crippen LogP contribution in [0.4, 0.5) is 0 Å². The molecule has 0 aliphatic rings. The van der Waals surface area contributed by atoms with E-state index in [1.54, 1.807) is 22.8 Å². The summed E-state index contributed by atoms with van der Waals surface area (Å²) in [5.74, 6) is -0.521. The fraction of sp³-hybridized carbons (Fsp3) is 0.333. The van der Waals surface area contributed by atoms with Crippen LogP contribution in [-0.2, 0) is 22.5 Å². The highest BCUT2D eigenvalue weighted by Gasteiger charge is 2.18. The van der Waals surface area contributed by atoms with E-state index in [1.165, 1.54) is 18.9 Å². The van der Waals surface area contributed by atoms with Gasteiger partial charge < -0.3 is 10.1 Å². The summed E-state index contributed by atoms with van der Waals surface area (Å²) >= 11 is 1.20. The zero-order valence-corrected chi connectivity index (χ0v) is 19.5. The molecule has 0 unspecified atom stereocenters. The number of nitrogens with zero attached hydrogens (tertiary/aromatic N) is 2. The monoisotopic (exact) mass is 453 g/mol. The minimum atomic E-state index is -0.499. The predicted octanol–water partition coefficient (Wildman–Crippen LogP) is 3.43. The number of esters is 1. The Kier molecular flexibility index (Phi) is 7.35. The molecule has 8 heteroatoms. The van der Waals surface area contributed by atoms with Crippen LogP contribution in [-0.4, -0.2) is 39.8 Å². The van der Waals surface area contributed by atoms with Gasteiger partial charge in [0.1, 0.15) is 0 Å². The second kappa shape index (κ2) is 9.99. The minimum Gasteiger partial charge on any atom is -0.465 e. The number of hydrogen-bond acceptors (Lipinski definition) is 6. The molecule has 0 radical (unpaired) electrons. The van der Waals surface area contributed by atoms with E-state index < -0.39 is 5.97 Å². The maximum absolute atomic E-state index is 13.3. The molecule has 0 bridgehead atoms. The van der Waals surface area contributed by atoms with Crippen LogP contribution in [0.3, 0.4) is 0 Å². The standard InChI is InChI=1S/C24H27N3O4S/c1-24(2,3)26-20(28)15-32-23-25-19-14-17(22(30)31-4)10-11-18(19)21(29)27(23)13-12-16-8-6-5-7-9-16/h5-11,14H,12-13,15H2,1-4H3,(H,26,28). The van der Waals surface area contributed by atoms with Gasteiger partial charge in [-0.25, -0.2) is 9.78 Å². The van der Waals surface area contributed by atoms with Gasteiger partial charge in [0.05, 0.1) is 29.3 Å². The van der Waals surface area contributed by atoms with Crippen LogP contribution < -0.4 is 10.9 Å². The van der Waals surface area contributed by atoms with E-state index in [2.05, 4.69) is 10.3 Å². The maximum Gasteiger partial charge on any atom is 0.337 e. The lowest BCUT2D eigenvalue weighted by molar-refractivity contribution is -0.119. The van der Waals surface area contributed by atoms with Crippen LogP contribution >= 0.6 is 11.8 Å². The van der Waals surface area contributed by atoms with Crippen molar-refractivity contribution in [3.8, 4) is 0 Å². The van der Waals surface area contributed by atoms with Crippen molar-refractivity contribution in [1.82, 2.24) is 14.9 Å². The van der Waals surface area contributed by atoms with Gasteiger partial charge in [-0.2, -0.15) is 0 Å². The average molecular weight is 454 g/mol. The number of rotatable bonds is 7. The van der Waals surface area contributed by atoms with Crippen LogP contribution in [0.1, 0.15) is 36.7 Å². The summed E-state index contributed by atoms with van der Waals surface area (Å²) < 4.78 is 6.37. The number of aryl methyl sites for hydroxylation is 1. The molecule has 1 N–H and O–H groups in total. The quantitative estimate of drug-likeness (QED) is 0.335. The molecule has 1 amide bonds. The SMILES string of the molecule is COC(=O)c1ccc2c(=O)n(CCc3ccccc3)c(SCC(=O)NC(C)(C)C)nc2c1. The summed E-state index contributed by atoms with van der Waals surface area (Å²) in [5.41, 5.74) is 1.25. The van der Waals surface area contributed by atoms with Gasteiger partial charge in [0.25, 0.3) is 5.56 Å². The van der Waals surface area contributed by atoms with Gasteiger partial charge in [0.15, 0.2) is 5.16 Å². The van der Waals surface area contributed by atoms with Crippen molar-refractivity contribution < 1.29 is 14.3 Å². The molecular weight excluding hydrogens is 426 g/mol. The van der Waals surface area contributed by atoms with Crippen LogP contribution in [0.5, 0.6) is 0 Å². The summed E-state index contributed by atoms with van der Waals surface area (Å²) in [6, 6.07) is 14.6. The molecule has 0 saturated heterocycles. The third kappa shape index (κ3) is 5.97. The first kappa shape index (κ1) is 23.5. The first-order valence-corrected chi connectivity index (χ1v) is 11.3. The number of benzene rings is 2. The molecule has 168 valence electrons. The van der Waals surface area contributed by atoms with E-state index in [0.717, 1.165) is 5.56 Å². The normalized spacial score (nSPS) is 11.4. The van der Waals surface area contributed by atoms with Gasteiger partial charge in [-0.15, -0.1) is 0 Å². The highest BCUT2D eigenvalue weighted by molar-refractivity contribution is 7.99. The van der Waals surface area contributed by atoms with Crippen LogP contribution in [0.25, 0.3) is 10.9 Å². The number of methoxy groups -OCH3 is 1. The lowest BCUT2D eigenvalue weighted by atomic mass is 10.1. The molecule has 0 spiro atoms. The minimum absolute atomic E-state index is 0.122. The molecule has 0 fully saturated rings. The van der Waals surface area contributed by atoms with Gasteiger partial charge in [0, 0.05) is 12.1 Å². The Balaban J connectivity index is 1.97. The second-order valence-electron chi connectivity index (χ2n) is 8.40. The molecule has 32 heavy (non-hydrogen) atoms. The molecule has 1 heterocycles. The summed E-state index contributed by atoms with van der Waals surface area (Å²) in [7, 11) is 1.30. The molecule has 0 saturated carbocycles. The highest BCUT2D eigenvalue weighted by Crippen LogP contribution is 2.20. The van der Waals surface area contributed by atoms with Gasteiger partial charge in [-0.1, -0.05) is 42.1 Å². The van der Waals surface area contributed by atoms with Gasteiger partial charge in [-0.3, -0.25) is 14.2 Å². The Morgan fingerprint density at radius 3 is 2.50 bits per heavy atom. The maximum atomic E-state index is 13.3. The number of fused-ring (bicyclic) bond motifs is 1. The molecule has 0 aliphatic heterocycles. The number of ether oxygens (including phenoxy) is 1. The molecule has 7 nitrogen and oxygen atoms in total. The topological polar surface area (TPSA) is 90.3 Å². The largest absolute Gasteiger partial charge is 0.465 e. The number of carbonyl (C=O) groups is 2. The molecule has 3 rings (SSSR count). The molecule has 0 atom stereocenters. The second-order valence-corrected chi connectivity index (χ2v) is 9.34. The summed E-state index contributed by atoms with van der Waals surface area (Å²) in [5, 5.41) is 3.76. The highest BCUT2D eigenvalue weighted by atomic mass is 32.2. The van der Waals surface area contributed by atoms with E-state index in [9.17, 15) is 14.4 Å². The van der Waals surface area contributed by atoms with Crippen molar-refractivity contribution >= 4 is 34.5 Å². The molecular formula is C24H27N3O4S. The summed E-state index contributed by atoms with van der Waals surface area (Å²) in [6.45, 7) is 6.16. The Morgan fingerprint density at radius 2 is 1.84 bits per heavy atom. The average Bonchev–Trinajstić information content (AvgIpc) is 2.75. The number of amides is 1. The lowest BCUT2D eigenvalue weighted by Gasteiger charge is -2.20. The van der Waals surface area contributed by atoms with Crippen molar-refractivity contribution in [2.45, 2.75) is 44.4 Å². The first-order valence-electron chi connectivity index (χ1n) is 10.3. The smallest absolute Gasteiger partial charge is 0.337 e. The van der Waals surface area contributed by atoms with Crippen molar-refractivity contribution in [3.63, 3.8) is 0 Å². The Bertz CT molecular complexity index is 1180. The number of nitrogens with one attached hydrogen (secondary N) is 1. The van der Waals surface area contributed by atoms with E-state index in [1.807, 2.05) is 51.1 Å². The number of thioether (sulfide) groups is 1. The zero-order valence-electron chi connectivity index (χ0n) is 18.7. The Morgan fingerprint density at radius 1 is 1.12 bits per heavy atom. The van der Waals surface area contributed by atoms with E-state index >= 15 is 0 Å². The van der Waals surface area contributed by atoms with Crippen molar-refractivity contribution in [3.05, 3.63) is 70.0 Å². The third-order valence-corrected chi connectivity index (χ3v) is 5.63. The van der Waals surface area contributed by atoms with Gasteiger partial charge in [-0.05, 0) is 51.0 Å². The number of hydrogen-bond donors (Lipinski definition) is 1. The van der Waals surface area contributed by atoms with Crippen LogP contribution in [0.2, 0.25) is 0 Å². The Labute approximate surface area is 191 Å². The molecule has 2 aromatic carbocycles. The molecule has 3 aromatic rings. The van der Waals surface area contributed by atoms with Crippen molar-refractivity contribution in [2.24, 2.45) is 0 Å². The Hall–Kier alpha value is -3.13. The predicted molar refractivity (Wildman–Crippen MR) is 126 cm³/mol. The van der Waals surface area contributed by atoms with Crippen molar-refractivity contribution in [2.75, 3.05) is 12.9 Å². The molecule has 1 aromatic heterocycles. The summed E-state index contributed by atoms with van der Waals surface area (Å²) in [6.07, 6.45) is 0.649. The van der Waals surface area contributed by atoms with Crippen molar-refractivity contribution in [1.29, 1.82) is 0 Å². The zero-order chi connectivity index (χ0) is 23.3. The van der Waals surface area contributed by atoms with Crippen LogP contribution in [0, 0.1) is 0 Å². The van der Waals surface area contributed by atoms with Gasteiger partial charge in [0.2, 0.25) is 5.91 Å². The first-order chi connectivity index (χ1) is 15.2. The number of aromatic nitrogens is 2. The van der Waals surface area contributed by atoms with Gasteiger partial charge >= 0.3 is 5.97 Å². The summed E-state index contributed by atoms with van der Waals surface area (Å²) in [4.78, 5) is 42.2. The fourth-order valence-electron chi connectivity index (χ4n) is 3.22. The van der Waals surface area contributed by atoms with E-state index in [0.29, 0.717) is 34.6 Å². The molecule has 0 aliphatic carbocycles. The third-order valence-electron chi connectivity index (χ3n) is 4.66. The number of carbonyl (C=O) groups excluding carboxylic acids is 2. The van der Waals surface area contributed by atoms with E-state index in [4.69, 9.17) is 4.74 Å². The lowest BCUT2D eigenvalue weighted by Crippen LogP contribution is -2.41.